The van der Waals surface area contributed by atoms with Crippen LogP contribution in [0.1, 0.15) is 28.4 Å². The molecular weight excluding hydrogens is 197 g/mol. The van der Waals surface area contributed by atoms with Crippen LogP contribution in [-0.4, -0.2) is 18.4 Å². The summed E-state index contributed by atoms with van der Waals surface area (Å²) >= 11 is 0. The summed E-state index contributed by atoms with van der Waals surface area (Å²) < 4.78 is 0. The Morgan fingerprint density at radius 2 is 2.38 bits per heavy atom. The van der Waals surface area contributed by atoms with Crippen LogP contribution in [0.3, 0.4) is 0 Å². The average molecular weight is 211 g/mol. The lowest BCUT2D eigenvalue weighted by atomic mass is 9.39. The minimum atomic E-state index is 0.185. The lowest BCUT2D eigenvalue weighted by molar-refractivity contribution is 0.101. The van der Waals surface area contributed by atoms with E-state index in [4.69, 9.17) is 0 Å². The molecule has 2 aliphatic rings. The molecule has 0 aliphatic carbocycles. The van der Waals surface area contributed by atoms with Gasteiger partial charge >= 0.3 is 0 Å². The molecule has 2 heterocycles. The van der Waals surface area contributed by atoms with Crippen LogP contribution in [0.2, 0.25) is 0 Å². The number of rotatable bonds is 1. The van der Waals surface area contributed by atoms with Crippen molar-refractivity contribution in [2.45, 2.75) is 25.6 Å². The highest BCUT2D eigenvalue weighted by Gasteiger charge is 2.33. The SMILES string of the molecule is CC(=O)c1cccc2c1CB1C=CNC1C2. The first-order valence-corrected chi connectivity index (χ1v) is 5.80. The van der Waals surface area contributed by atoms with Crippen molar-refractivity contribution in [3.05, 3.63) is 47.1 Å². The van der Waals surface area contributed by atoms with Gasteiger partial charge in [0.15, 0.2) is 12.5 Å². The fourth-order valence-electron chi connectivity index (χ4n) is 2.85. The maximum atomic E-state index is 11.6. The summed E-state index contributed by atoms with van der Waals surface area (Å²) in [6.07, 6.45) is 4.09. The Hall–Kier alpha value is -1.51. The van der Waals surface area contributed by atoms with Gasteiger partial charge in [-0.25, -0.2) is 0 Å². The predicted molar refractivity (Wildman–Crippen MR) is 65.7 cm³/mol. The third kappa shape index (κ3) is 1.39. The van der Waals surface area contributed by atoms with Crippen molar-refractivity contribution in [2.24, 2.45) is 0 Å². The second-order valence-corrected chi connectivity index (χ2v) is 4.70. The van der Waals surface area contributed by atoms with Crippen LogP contribution in [0.5, 0.6) is 0 Å². The first kappa shape index (κ1) is 9.70. The van der Waals surface area contributed by atoms with Gasteiger partial charge in [0.05, 0.1) is 0 Å². The molecule has 0 saturated carbocycles. The van der Waals surface area contributed by atoms with Crippen LogP contribution in [0.15, 0.2) is 30.4 Å². The summed E-state index contributed by atoms with van der Waals surface area (Å²) in [6.45, 7) is 2.22. The van der Waals surface area contributed by atoms with Crippen LogP contribution in [-0.2, 0) is 12.7 Å². The molecular formula is C13H14BNO. The summed E-state index contributed by atoms with van der Waals surface area (Å²) in [5, 5.41) is 3.38. The molecule has 0 spiro atoms. The van der Waals surface area contributed by atoms with Crippen LogP contribution in [0, 0.1) is 0 Å². The van der Waals surface area contributed by atoms with Crippen LogP contribution >= 0.6 is 0 Å². The Balaban J connectivity index is 2.06. The maximum absolute atomic E-state index is 11.6. The van der Waals surface area contributed by atoms with E-state index in [0.29, 0.717) is 12.7 Å². The smallest absolute Gasteiger partial charge is 0.198 e. The summed E-state index contributed by atoms with van der Waals surface area (Å²) in [7, 11) is 0. The number of ketones is 1. The van der Waals surface area contributed by atoms with Crippen molar-refractivity contribution in [2.75, 3.05) is 0 Å². The van der Waals surface area contributed by atoms with Crippen molar-refractivity contribution >= 4 is 12.5 Å². The molecule has 80 valence electrons. The Morgan fingerprint density at radius 1 is 1.50 bits per heavy atom. The maximum Gasteiger partial charge on any atom is 0.198 e. The third-order valence-electron chi connectivity index (χ3n) is 3.70. The molecule has 2 aliphatic heterocycles. The molecule has 16 heavy (non-hydrogen) atoms. The van der Waals surface area contributed by atoms with E-state index in [2.05, 4.69) is 23.6 Å². The molecule has 1 aromatic rings. The molecule has 0 saturated heterocycles. The van der Waals surface area contributed by atoms with Gasteiger partial charge in [-0.1, -0.05) is 24.2 Å². The monoisotopic (exact) mass is 211 g/mol. The molecule has 0 bridgehead atoms. The fourth-order valence-corrected chi connectivity index (χ4v) is 2.85. The average Bonchev–Trinajstić information content (AvgIpc) is 2.71. The first-order valence-electron chi connectivity index (χ1n) is 5.80. The van der Waals surface area contributed by atoms with Crippen molar-refractivity contribution in [1.82, 2.24) is 5.32 Å². The molecule has 3 rings (SSSR count). The molecule has 1 unspecified atom stereocenters. The molecule has 0 radical (unpaired) electrons. The summed E-state index contributed by atoms with van der Waals surface area (Å²) in [6, 6.07) is 6.10. The Bertz CT molecular complexity index is 481. The van der Waals surface area contributed by atoms with Crippen molar-refractivity contribution < 1.29 is 4.79 Å². The zero-order chi connectivity index (χ0) is 11.1. The van der Waals surface area contributed by atoms with Crippen molar-refractivity contribution in [1.29, 1.82) is 0 Å². The minimum absolute atomic E-state index is 0.185. The third-order valence-corrected chi connectivity index (χ3v) is 3.70. The number of carbonyl (C=O) groups is 1. The van der Waals surface area contributed by atoms with Gasteiger partial charge in [0.1, 0.15) is 0 Å². The number of hydrogen-bond acceptors (Lipinski definition) is 2. The number of nitrogens with one attached hydrogen (secondary N) is 1. The Morgan fingerprint density at radius 3 is 3.19 bits per heavy atom. The molecule has 1 atom stereocenters. The molecule has 1 N–H and O–H groups in total. The van der Waals surface area contributed by atoms with Gasteiger partial charge in [-0.15, -0.1) is 0 Å². The zero-order valence-electron chi connectivity index (χ0n) is 9.36. The highest BCUT2D eigenvalue weighted by Crippen LogP contribution is 2.26. The number of Topliss-reactive ketones (excluding diaryl/α,β-unsaturated/α-hetero) is 1. The summed E-state index contributed by atoms with van der Waals surface area (Å²) in [5.74, 6) is 2.95. The van der Waals surface area contributed by atoms with E-state index in [1.54, 1.807) is 6.92 Å². The minimum Gasteiger partial charge on any atom is -0.396 e. The molecule has 0 amide bonds. The van der Waals surface area contributed by atoms with E-state index in [0.717, 1.165) is 18.3 Å². The van der Waals surface area contributed by atoms with Gasteiger partial charge in [0.25, 0.3) is 0 Å². The number of fused-ring (bicyclic) bond motifs is 2. The second-order valence-electron chi connectivity index (χ2n) is 4.70. The van der Waals surface area contributed by atoms with Crippen LogP contribution in [0.4, 0.5) is 0 Å². The van der Waals surface area contributed by atoms with Crippen LogP contribution in [0.25, 0.3) is 0 Å². The number of hydrogen-bond donors (Lipinski definition) is 1. The van der Waals surface area contributed by atoms with E-state index >= 15 is 0 Å². The van der Waals surface area contributed by atoms with Gasteiger partial charge < -0.3 is 5.32 Å². The van der Waals surface area contributed by atoms with Crippen molar-refractivity contribution in [3.63, 3.8) is 0 Å². The van der Waals surface area contributed by atoms with Gasteiger partial charge in [-0.05, 0) is 37.0 Å². The van der Waals surface area contributed by atoms with E-state index in [1.807, 2.05) is 12.1 Å². The van der Waals surface area contributed by atoms with E-state index in [-0.39, 0.29) is 5.78 Å². The molecule has 3 heteroatoms. The lowest BCUT2D eigenvalue weighted by Crippen LogP contribution is -2.42. The van der Waals surface area contributed by atoms with Gasteiger partial charge in [-0.2, -0.15) is 0 Å². The summed E-state index contributed by atoms with van der Waals surface area (Å²) in [4.78, 5) is 11.6. The largest absolute Gasteiger partial charge is 0.396 e. The number of benzene rings is 1. The lowest BCUT2D eigenvalue weighted by Gasteiger charge is -2.27. The first-order chi connectivity index (χ1) is 7.75. The van der Waals surface area contributed by atoms with Crippen LogP contribution < -0.4 is 5.32 Å². The topological polar surface area (TPSA) is 29.1 Å². The molecule has 1 aromatic carbocycles. The second kappa shape index (κ2) is 3.51. The fraction of sp³-hybridized carbons (Fsp3) is 0.308. The normalized spacial score (nSPS) is 21.3. The van der Waals surface area contributed by atoms with E-state index < -0.39 is 0 Å². The zero-order valence-corrected chi connectivity index (χ0v) is 9.36. The van der Waals surface area contributed by atoms with Crippen molar-refractivity contribution in [3.8, 4) is 0 Å². The quantitative estimate of drug-likeness (QED) is 0.564. The van der Waals surface area contributed by atoms with E-state index in [1.165, 1.54) is 11.1 Å². The Kier molecular flexibility index (Phi) is 2.13. The van der Waals surface area contributed by atoms with E-state index in [9.17, 15) is 4.79 Å². The van der Waals surface area contributed by atoms with Gasteiger partial charge in [-0.3, -0.25) is 4.79 Å². The highest BCUT2D eigenvalue weighted by atomic mass is 16.1. The van der Waals surface area contributed by atoms with Gasteiger partial charge in [0.2, 0.25) is 0 Å². The molecule has 0 aromatic heterocycles. The standard InChI is InChI=1S/C13H14BNO/c1-9(16)11-4-2-3-10-7-13-14(5-6-15-13)8-12(10)11/h2-6,13,15H,7-8H2,1H3. The number of carbonyl (C=O) groups excluding carboxylic acids is 1. The predicted octanol–water partition coefficient (Wildman–Crippen LogP) is 1.59. The molecule has 0 fully saturated rings. The highest BCUT2D eigenvalue weighted by molar-refractivity contribution is 6.66. The molecule has 2 nitrogen and oxygen atoms in total. The Labute approximate surface area is 95.8 Å². The summed E-state index contributed by atoms with van der Waals surface area (Å²) in [5.41, 5.74) is 3.52. The van der Waals surface area contributed by atoms with Gasteiger partial charge in [0, 0.05) is 11.5 Å².